The van der Waals surface area contributed by atoms with Crippen molar-refractivity contribution in [1.82, 2.24) is 4.90 Å². The number of esters is 1. The molecule has 0 radical (unpaired) electrons. The van der Waals surface area contributed by atoms with E-state index in [4.69, 9.17) is 14.2 Å². The van der Waals surface area contributed by atoms with E-state index in [2.05, 4.69) is 85.6 Å². The van der Waals surface area contributed by atoms with Crippen molar-refractivity contribution in [1.29, 1.82) is 0 Å². The zero-order valence-corrected chi connectivity index (χ0v) is 28.0. The van der Waals surface area contributed by atoms with Gasteiger partial charge in [-0.2, -0.15) is 0 Å². The van der Waals surface area contributed by atoms with Gasteiger partial charge in [-0.3, -0.25) is 4.90 Å². The number of rotatable bonds is 15. The molecule has 0 heterocycles. The van der Waals surface area contributed by atoms with Gasteiger partial charge in [0.1, 0.15) is 12.4 Å². The highest BCUT2D eigenvalue weighted by Crippen LogP contribution is 2.37. The zero-order valence-electron chi connectivity index (χ0n) is 28.0. The molecule has 0 spiro atoms. The molecule has 0 bridgehead atoms. The van der Waals surface area contributed by atoms with Gasteiger partial charge in [-0.25, -0.2) is 4.79 Å². The first-order chi connectivity index (χ1) is 22.5. The van der Waals surface area contributed by atoms with Crippen LogP contribution in [-0.2, 0) is 46.4 Å². The number of aryl methyl sites for hydroxylation is 3. The predicted molar refractivity (Wildman–Crippen MR) is 186 cm³/mol. The number of carbonyl (C=O) groups is 1. The Balaban J connectivity index is 1.32. The molecule has 1 aliphatic rings. The molecule has 242 valence electrons. The molecular weight excluding hydrogens is 570 g/mol. The lowest BCUT2D eigenvalue weighted by Crippen LogP contribution is -2.30. The van der Waals surface area contributed by atoms with Gasteiger partial charge in [-0.05, 0) is 103 Å². The highest BCUT2D eigenvalue weighted by Gasteiger charge is 2.28. The van der Waals surface area contributed by atoms with Crippen LogP contribution in [0.25, 0.3) is 0 Å². The summed E-state index contributed by atoms with van der Waals surface area (Å²) in [4.78, 5) is 14.6. The lowest BCUT2D eigenvalue weighted by molar-refractivity contribution is -0.154. The van der Waals surface area contributed by atoms with Crippen LogP contribution in [0.1, 0.15) is 77.2 Å². The second-order valence-electron chi connectivity index (χ2n) is 12.4. The minimum absolute atomic E-state index is 0.166. The minimum atomic E-state index is -0.609. The third-order valence-corrected chi connectivity index (χ3v) is 9.07. The van der Waals surface area contributed by atoms with Crippen molar-refractivity contribution in [2.45, 2.75) is 70.9 Å². The molecule has 0 saturated heterocycles. The number of unbranched alkanes of at least 4 members (excludes halogenated alkanes) is 1. The molecule has 1 aliphatic carbocycles. The predicted octanol–water partition coefficient (Wildman–Crippen LogP) is 7.94. The maximum atomic E-state index is 12.1. The first-order valence-corrected chi connectivity index (χ1v) is 16.9. The van der Waals surface area contributed by atoms with Gasteiger partial charge in [0.25, 0.3) is 0 Å². The van der Waals surface area contributed by atoms with Crippen molar-refractivity contribution in [3.63, 3.8) is 0 Å². The number of methoxy groups -OCH3 is 1. The lowest BCUT2D eigenvalue weighted by atomic mass is 9.90. The largest absolute Gasteiger partial charge is 0.492 e. The molecule has 0 aliphatic heterocycles. The Morgan fingerprint density at radius 3 is 2.30 bits per heavy atom. The van der Waals surface area contributed by atoms with Gasteiger partial charge < -0.3 is 14.2 Å². The van der Waals surface area contributed by atoms with Gasteiger partial charge in [-0.1, -0.05) is 92.2 Å². The van der Waals surface area contributed by atoms with E-state index < -0.39 is 6.10 Å². The van der Waals surface area contributed by atoms with Gasteiger partial charge in [0.05, 0.1) is 12.6 Å². The fraction of sp³-hybridized carbons (Fsp3) is 0.390. The van der Waals surface area contributed by atoms with Gasteiger partial charge in [0, 0.05) is 20.1 Å². The van der Waals surface area contributed by atoms with E-state index >= 15 is 0 Å². The highest BCUT2D eigenvalue weighted by atomic mass is 16.6. The molecule has 5 nitrogen and oxygen atoms in total. The number of hydrogen-bond acceptors (Lipinski definition) is 5. The maximum absolute atomic E-state index is 12.1. The zero-order chi connectivity index (χ0) is 32.3. The fourth-order valence-electron chi connectivity index (χ4n) is 6.53. The van der Waals surface area contributed by atoms with Crippen molar-refractivity contribution in [3.8, 4) is 5.75 Å². The maximum Gasteiger partial charge on any atom is 0.335 e. The smallest absolute Gasteiger partial charge is 0.335 e. The van der Waals surface area contributed by atoms with E-state index in [0.29, 0.717) is 19.6 Å². The Labute approximate surface area is 275 Å². The highest BCUT2D eigenvalue weighted by molar-refractivity contribution is 5.75. The van der Waals surface area contributed by atoms with E-state index in [0.717, 1.165) is 43.5 Å². The van der Waals surface area contributed by atoms with E-state index in [9.17, 15) is 4.79 Å². The Morgan fingerprint density at radius 2 is 1.57 bits per heavy atom. The second kappa shape index (κ2) is 16.6. The van der Waals surface area contributed by atoms with Crippen LogP contribution in [0.2, 0.25) is 0 Å². The van der Waals surface area contributed by atoms with Crippen molar-refractivity contribution in [3.05, 3.63) is 136 Å². The summed E-state index contributed by atoms with van der Waals surface area (Å²) in [5.74, 6) is 0.483. The van der Waals surface area contributed by atoms with E-state index in [-0.39, 0.29) is 12.0 Å². The standard InChI is InChI=1S/C41H49NO4/c1-5-7-11-31-14-18-34-19-20-35-27-33(26-30-12-9-8-10-13-30)17-23-37(35)40(38(34)28-31)42(3)24-25-46-36-21-15-32(16-22-36)29-39(44-4)41(43)45-6-2/h8-10,12-18,21-23,27-28,39-40H,5-7,11,19-20,24-26,29H2,1-4H3. The Morgan fingerprint density at radius 1 is 0.826 bits per heavy atom. The van der Waals surface area contributed by atoms with Crippen LogP contribution in [0.5, 0.6) is 5.75 Å². The molecule has 2 atom stereocenters. The normalized spacial score (nSPS) is 14.7. The van der Waals surface area contributed by atoms with Crippen LogP contribution in [0.4, 0.5) is 0 Å². The summed E-state index contributed by atoms with van der Waals surface area (Å²) in [6.07, 6.45) is 6.43. The summed E-state index contributed by atoms with van der Waals surface area (Å²) < 4.78 is 16.7. The number of ether oxygens (including phenoxy) is 3. The van der Waals surface area contributed by atoms with Crippen molar-refractivity contribution >= 4 is 5.97 Å². The SMILES string of the molecule is CCCCc1ccc2c(c1)C(N(C)CCOc1ccc(CC(OC)C(=O)OCC)cc1)c1ccc(Cc3ccccc3)cc1CC2. The summed E-state index contributed by atoms with van der Waals surface area (Å²) in [6.45, 7) is 5.76. The monoisotopic (exact) mass is 619 g/mol. The van der Waals surface area contributed by atoms with Crippen molar-refractivity contribution < 1.29 is 19.0 Å². The summed E-state index contributed by atoms with van der Waals surface area (Å²) in [5.41, 5.74) is 10.9. The third-order valence-electron chi connectivity index (χ3n) is 9.07. The Hall–Kier alpha value is -3.93. The number of nitrogens with zero attached hydrogens (tertiary/aromatic N) is 1. The molecule has 4 aromatic rings. The first-order valence-electron chi connectivity index (χ1n) is 16.9. The number of likely N-dealkylation sites (N-methyl/N-ethyl adjacent to an activating group) is 1. The van der Waals surface area contributed by atoms with Gasteiger partial charge in [0.2, 0.25) is 0 Å². The van der Waals surface area contributed by atoms with Crippen LogP contribution in [-0.4, -0.2) is 50.9 Å². The second-order valence-corrected chi connectivity index (χ2v) is 12.4. The molecule has 0 N–H and O–H groups in total. The molecular formula is C41H49NO4. The quantitative estimate of drug-likeness (QED) is 0.127. The molecule has 0 aromatic heterocycles. The molecule has 0 saturated carbocycles. The van der Waals surface area contributed by atoms with E-state index in [1.54, 1.807) is 6.92 Å². The number of hydrogen-bond donors (Lipinski definition) is 0. The lowest BCUT2D eigenvalue weighted by Gasteiger charge is -2.31. The van der Waals surface area contributed by atoms with Crippen LogP contribution in [0, 0.1) is 0 Å². The van der Waals surface area contributed by atoms with Crippen LogP contribution < -0.4 is 4.74 Å². The van der Waals surface area contributed by atoms with Gasteiger partial charge >= 0.3 is 5.97 Å². The number of fused-ring (bicyclic) bond motifs is 2. The number of benzene rings is 4. The summed E-state index contributed by atoms with van der Waals surface area (Å²) >= 11 is 0. The summed E-state index contributed by atoms with van der Waals surface area (Å²) in [5, 5.41) is 0. The molecule has 5 rings (SSSR count). The van der Waals surface area contributed by atoms with Gasteiger partial charge in [-0.15, -0.1) is 0 Å². The average molecular weight is 620 g/mol. The fourth-order valence-corrected chi connectivity index (χ4v) is 6.53. The molecule has 0 fully saturated rings. The molecule has 46 heavy (non-hydrogen) atoms. The van der Waals surface area contributed by atoms with Crippen molar-refractivity contribution in [2.24, 2.45) is 0 Å². The Bertz CT molecular complexity index is 1550. The summed E-state index contributed by atoms with van der Waals surface area (Å²) in [6, 6.07) is 33.2. The average Bonchev–Trinajstić information content (AvgIpc) is 3.23. The van der Waals surface area contributed by atoms with E-state index in [1.165, 1.54) is 58.9 Å². The molecule has 5 heteroatoms. The molecule has 2 unspecified atom stereocenters. The molecule has 4 aromatic carbocycles. The minimum Gasteiger partial charge on any atom is -0.492 e. The molecule has 0 amide bonds. The van der Waals surface area contributed by atoms with Crippen LogP contribution >= 0.6 is 0 Å². The van der Waals surface area contributed by atoms with Crippen LogP contribution in [0.15, 0.2) is 91.0 Å². The summed E-state index contributed by atoms with van der Waals surface area (Å²) in [7, 11) is 3.77. The number of carbonyl (C=O) groups excluding carboxylic acids is 1. The third kappa shape index (κ3) is 8.65. The van der Waals surface area contributed by atoms with Crippen molar-refractivity contribution in [2.75, 3.05) is 33.9 Å². The van der Waals surface area contributed by atoms with Gasteiger partial charge in [0.15, 0.2) is 6.10 Å². The Kier molecular flexibility index (Phi) is 12.0. The van der Waals surface area contributed by atoms with Crippen LogP contribution in [0.3, 0.4) is 0 Å². The topological polar surface area (TPSA) is 48.0 Å². The first kappa shape index (κ1) is 33.4. The van der Waals surface area contributed by atoms with E-state index in [1.807, 2.05) is 24.3 Å².